The highest BCUT2D eigenvalue weighted by molar-refractivity contribution is 7.08. The van der Waals surface area contributed by atoms with E-state index in [0.29, 0.717) is 18.6 Å². The molecule has 2 fully saturated rings. The van der Waals surface area contributed by atoms with Crippen molar-refractivity contribution in [1.82, 2.24) is 5.32 Å². The van der Waals surface area contributed by atoms with E-state index in [1.54, 1.807) is 11.3 Å². The maximum Gasteiger partial charge on any atom is 0.0475 e. The van der Waals surface area contributed by atoms with Gasteiger partial charge in [0.05, 0.1) is 0 Å². The van der Waals surface area contributed by atoms with Crippen LogP contribution in [0.25, 0.3) is 0 Å². The third kappa shape index (κ3) is 3.71. The molecule has 2 N–H and O–H groups in total. The average molecular weight is 280 g/mol. The third-order valence-electron chi connectivity index (χ3n) is 4.34. The fraction of sp³-hybridized carbons (Fsp3) is 0.733. The summed E-state index contributed by atoms with van der Waals surface area (Å²) in [5.74, 6) is 1.56. The van der Waals surface area contributed by atoms with Gasteiger partial charge in [-0.2, -0.15) is 11.3 Å². The van der Waals surface area contributed by atoms with Gasteiger partial charge in [0.1, 0.15) is 0 Å². The second-order valence-electron chi connectivity index (χ2n) is 6.05. The Hall–Kier alpha value is -0.580. The van der Waals surface area contributed by atoms with Crippen molar-refractivity contribution >= 4 is 17.0 Å². The molecule has 2 unspecified atom stereocenters. The van der Waals surface area contributed by atoms with E-state index in [0.717, 1.165) is 25.4 Å². The van der Waals surface area contributed by atoms with Crippen molar-refractivity contribution in [2.24, 2.45) is 11.8 Å². The van der Waals surface area contributed by atoms with Gasteiger partial charge < -0.3 is 15.3 Å². The van der Waals surface area contributed by atoms with Crippen LogP contribution in [0.3, 0.4) is 0 Å². The molecule has 1 saturated carbocycles. The number of anilines is 1. The van der Waals surface area contributed by atoms with E-state index in [9.17, 15) is 5.11 Å². The van der Waals surface area contributed by atoms with Gasteiger partial charge in [0.25, 0.3) is 0 Å². The van der Waals surface area contributed by atoms with Crippen molar-refractivity contribution in [2.75, 3.05) is 31.1 Å². The monoisotopic (exact) mass is 280 g/mol. The van der Waals surface area contributed by atoms with Crippen LogP contribution in [0.4, 0.5) is 5.69 Å². The first kappa shape index (κ1) is 13.4. The molecule has 1 aliphatic heterocycles. The van der Waals surface area contributed by atoms with Crippen LogP contribution >= 0.6 is 11.3 Å². The Morgan fingerprint density at radius 1 is 1.32 bits per heavy atom. The topological polar surface area (TPSA) is 35.5 Å². The van der Waals surface area contributed by atoms with E-state index in [-0.39, 0.29) is 0 Å². The normalized spacial score (nSPS) is 27.7. The lowest BCUT2D eigenvalue weighted by atomic mass is 9.91. The van der Waals surface area contributed by atoms with Crippen molar-refractivity contribution in [3.63, 3.8) is 0 Å². The highest BCUT2D eigenvalue weighted by Crippen LogP contribution is 2.30. The summed E-state index contributed by atoms with van der Waals surface area (Å²) < 4.78 is 0. The van der Waals surface area contributed by atoms with Gasteiger partial charge in [-0.3, -0.25) is 0 Å². The van der Waals surface area contributed by atoms with Gasteiger partial charge >= 0.3 is 0 Å². The number of nitrogens with one attached hydrogen (secondary N) is 1. The zero-order chi connectivity index (χ0) is 13.1. The maximum absolute atomic E-state index is 9.21. The Balaban J connectivity index is 1.59. The lowest BCUT2D eigenvalue weighted by Gasteiger charge is -2.39. The van der Waals surface area contributed by atoms with E-state index >= 15 is 0 Å². The van der Waals surface area contributed by atoms with Crippen LogP contribution in [0.1, 0.15) is 25.7 Å². The Bertz CT molecular complexity index is 378. The minimum atomic E-state index is 0.317. The number of piperidine rings is 1. The lowest BCUT2D eigenvalue weighted by molar-refractivity contribution is 0.230. The van der Waals surface area contributed by atoms with Crippen LogP contribution in [0, 0.1) is 11.8 Å². The summed E-state index contributed by atoms with van der Waals surface area (Å²) >= 11 is 1.77. The molecule has 0 amide bonds. The zero-order valence-corrected chi connectivity index (χ0v) is 12.2. The summed E-state index contributed by atoms with van der Waals surface area (Å²) in [6.07, 6.45) is 4.97. The molecule has 0 aromatic carbocycles. The number of thiophene rings is 1. The summed E-state index contributed by atoms with van der Waals surface area (Å²) in [5.41, 5.74) is 1.35. The predicted molar refractivity (Wildman–Crippen MR) is 80.9 cm³/mol. The zero-order valence-electron chi connectivity index (χ0n) is 11.4. The molecule has 106 valence electrons. The first-order valence-corrected chi connectivity index (χ1v) is 8.41. The summed E-state index contributed by atoms with van der Waals surface area (Å²) in [5, 5.41) is 17.3. The Morgan fingerprint density at radius 2 is 2.21 bits per heavy atom. The van der Waals surface area contributed by atoms with Crippen LogP contribution < -0.4 is 10.2 Å². The van der Waals surface area contributed by atoms with Gasteiger partial charge in [0, 0.05) is 36.8 Å². The van der Waals surface area contributed by atoms with Gasteiger partial charge in [-0.05, 0) is 55.5 Å². The maximum atomic E-state index is 9.21. The summed E-state index contributed by atoms with van der Waals surface area (Å²) in [7, 11) is 0. The number of aliphatic hydroxyl groups excluding tert-OH is 1. The predicted octanol–water partition coefficient (Wildman–Crippen LogP) is 2.33. The highest BCUT2D eigenvalue weighted by Gasteiger charge is 2.29. The molecule has 3 rings (SSSR count). The molecule has 3 nitrogen and oxygen atoms in total. The van der Waals surface area contributed by atoms with Crippen LogP contribution in [0.5, 0.6) is 0 Å². The van der Waals surface area contributed by atoms with Crippen molar-refractivity contribution in [3.05, 3.63) is 16.8 Å². The molecule has 0 spiro atoms. The van der Waals surface area contributed by atoms with E-state index in [1.807, 2.05) is 0 Å². The number of hydrogen-bond acceptors (Lipinski definition) is 4. The largest absolute Gasteiger partial charge is 0.396 e. The number of rotatable bonds is 6. The second-order valence-corrected chi connectivity index (χ2v) is 6.83. The standard InChI is InChI=1S/C15H24N2OS/c18-5-3-13-7-14(16-8-12-1-2-12)10-17(9-13)15-4-6-19-11-15/h4,6,11-14,16,18H,1-3,5,7-10H2. The molecule has 1 aromatic heterocycles. The summed E-state index contributed by atoms with van der Waals surface area (Å²) in [4.78, 5) is 2.49. The third-order valence-corrected chi connectivity index (χ3v) is 5.01. The summed E-state index contributed by atoms with van der Waals surface area (Å²) in [6, 6.07) is 2.80. The average Bonchev–Trinajstić information content (AvgIpc) is 3.08. The van der Waals surface area contributed by atoms with Gasteiger partial charge in [0.2, 0.25) is 0 Å². The van der Waals surface area contributed by atoms with Crippen molar-refractivity contribution in [3.8, 4) is 0 Å². The van der Waals surface area contributed by atoms with E-state index in [4.69, 9.17) is 0 Å². The molecule has 0 radical (unpaired) electrons. The minimum Gasteiger partial charge on any atom is -0.396 e. The minimum absolute atomic E-state index is 0.317. The van der Waals surface area contributed by atoms with Crippen LogP contribution in [0.15, 0.2) is 16.8 Å². The van der Waals surface area contributed by atoms with Crippen molar-refractivity contribution < 1.29 is 5.11 Å². The first-order valence-electron chi connectivity index (χ1n) is 7.46. The number of nitrogens with zero attached hydrogens (tertiary/aromatic N) is 1. The van der Waals surface area contributed by atoms with E-state index < -0.39 is 0 Å². The van der Waals surface area contributed by atoms with Crippen LogP contribution in [0.2, 0.25) is 0 Å². The van der Waals surface area contributed by atoms with Crippen molar-refractivity contribution in [1.29, 1.82) is 0 Å². The molecule has 1 aliphatic carbocycles. The molecule has 0 bridgehead atoms. The molecule has 19 heavy (non-hydrogen) atoms. The molecular weight excluding hydrogens is 256 g/mol. The van der Waals surface area contributed by atoms with Gasteiger partial charge in [-0.1, -0.05) is 0 Å². The fourth-order valence-electron chi connectivity index (χ4n) is 3.05. The molecule has 2 aliphatic rings. The number of hydrogen-bond donors (Lipinski definition) is 2. The second kappa shape index (κ2) is 6.25. The number of aliphatic hydroxyl groups is 1. The van der Waals surface area contributed by atoms with Gasteiger partial charge in [-0.25, -0.2) is 0 Å². The SMILES string of the molecule is OCCC1CC(NCC2CC2)CN(c2ccsc2)C1. The molecule has 1 aromatic rings. The van der Waals surface area contributed by atoms with Crippen LogP contribution in [-0.4, -0.2) is 37.4 Å². The Kier molecular flexibility index (Phi) is 4.41. The molecule has 2 heterocycles. The van der Waals surface area contributed by atoms with Crippen molar-refractivity contribution in [2.45, 2.75) is 31.7 Å². The lowest BCUT2D eigenvalue weighted by Crippen LogP contribution is -2.50. The van der Waals surface area contributed by atoms with E-state index in [1.165, 1.54) is 31.5 Å². The molecule has 4 heteroatoms. The Morgan fingerprint density at radius 3 is 2.89 bits per heavy atom. The highest BCUT2D eigenvalue weighted by atomic mass is 32.1. The smallest absolute Gasteiger partial charge is 0.0475 e. The molecule has 1 saturated heterocycles. The quantitative estimate of drug-likeness (QED) is 0.839. The van der Waals surface area contributed by atoms with Crippen LogP contribution in [-0.2, 0) is 0 Å². The Labute approximate surface area is 119 Å². The molecule has 2 atom stereocenters. The van der Waals surface area contributed by atoms with Gasteiger partial charge in [-0.15, -0.1) is 0 Å². The first-order chi connectivity index (χ1) is 9.35. The fourth-order valence-corrected chi connectivity index (χ4v) is 3.71. The summed E-state index contributed by atoms with van der Waals surface area (Å²) in [6.45, 7) is 3.72. The van der Waals surface area contributed by atoms with Gasteiger partial charge in [0.15, 0.2) is 0 Å². The van der Waals surface area contributed by atoms with E-state index in [2.05, 4.69) is 27.0 Å². The molecular formula is C15H24N2OS.